The zero-order valence-corrected chi connectivity index (χ0v) is 12.3. The van der Waals surface area contributed by atoms with E-state index in [9.17, 15) is 0 Å². The maximum atomic E-state index is 5.48. The molecule has 0 saturated carbocycles. The molecule has 2 heterocycles. The Morgan fingerprint density at radius 2 is 2.05 bits per heavy atom. The van der Waals surface area contributed by atoms with E-state index >= 15 is 0 Å². The lowest BCUT2D eigenvalue weighted by molar-refractivity contribution is 0.406. The maximum absolute atomic E-state index is 5.48. The van der Waals surface area contributed by atoms with Crippen molar-refractivity contribution in [3.63, 3.8) is 0 Å². The normalized spacial score (nSPS) is 12.6. The maximum Gasteiger partial charge on any atom is 0.120 e. The fourth-order valence-corrected chi connectivity index (χ4v) is 2.69. The van der Waals surface area contributed by atoms with E-state index in [1.54, 1.807) is 6.26 Å². The number of benzene rings is 1. The summed E-state index contributed by atoms with van der Waals surface area (Å²) in [5, 5.41) is 4.77. The summed E-state index contributed by atoms with van der Waals surface area (Å²) in [6.45, 7) is 3.08. The van der Waals surface area contributed by atoms with Crippen LogP contribution in [0.25, 0.3) is 10.9 Å². The van der Waals surface area contributed by atoms with Crippen molar-refractivity contribution in [1.29, 1.82) is 0 Å². The standard InChI is InChI=1S/C18H20N2O/c1-2-16(17-9-5-13-21-17)19-12-10-15-7-3-6-14-8-4-11-20-18(14)15/h3-9,11,13,16,19H,2,10,12H2,1H3. The first-order chi connectivity index (χ1) is 10.4. The molecule has 0 saturated heterocycles. The summed E-state index contributed by atoms with van der Waals surface area (Å²) >= 11 is 0. The monoisotopic (exact) mass is 280 g/mol. The number of aromatic nitrogens is 1. The van der Waals surface area contributed by atoms with Gasteiger partial charge in [0, 0.05) is 11.6 Å². The minimum absolute atomic E-state index is 0.280. The Morgan fingerprint density at radius 3 is 2.86 bits per heavy atom. The fourth-order valence-electron chi connectivity index (χ4n) is 2.69. The number of nitrogens with zero attached hydrogens (tertiary/aromatic N) is 1. The van der Waals surface area contributed by atoms with E-state index in [1.807, 2.05) is 24.4 Å². The van der Waals surface area contributed by atoms with Crippen molar-refractivity contribution in [1.82, 2.24) is 10.3 Å². The number of para-hydroxylation sites is 1. The van der Waals surface area contributed by atoms with E-state index < -0.39 is 0 Å². The predicted octanol–water partition coefficient (Wildman–Crippen LogP) is 4.11. The van der Waals surface area contributed by atoms with Crippen LogP contribution in [0.1, 0.15) is 30.7 Å². The van der Waals surface area contributed by atoms with Gasteiger partial charge in [-0.25, -0.2) is 0 Å². The van der Waals surface area contributed by atoms with Crippen LogP contribution in [0.2, 0.25) is 0 Å². The van der Waals surface area contributed by atoms with Crippen LogP contribution in [0.4, 0.5) is 0 Å². The molecule has 1 atom stereocenters. The van der Waals surface area contributed by atoms with Gasteiger partial charge in [-0.3, -0.25) is 4.98 Å². The van der Waals surface area contributed by atoms with Gasteiger partial charge in [0.1, 0.15) is 5.76 Å². The summed E-state index contributed by atoms with van der Waals surface area (Å²) in [6.07, 6.45) is 5.57. The molecule has 3 heteroatoms. The van der Waals surface area contributed by atoms with Gasteiger partial charge in [-0.2, -0.15) is 0 Å². The number of hydrogen-bond acceptors (Lipinski definition) is 3. The van der Waals surface area contributed by atoms with Gasteiger partial charge in [-0.05, 0) is 43.1 Å². The van der Waals surface area contributed by atoms with Crippen LogP contribution in [0.15, 0.2) is 59.3 Å². The third-order valence-corrected chi connectivity index (χ3v) is 3.80. The molecule has 0 fully saturated rings. The molecule has 3 rings (SSSR count). The third kappa shape index (κ3) is 3.14. The van der Waals surface area contributed by atoms with E-state index in [-0.39, 0.29) is 6.04 Å². The Bertz CT molecular complexity index is 686. The first-order valence-corrected chi connectivity index (χ1v) is 7.48. The van der Waals surface area contributed by atoms with Crippen molar-refractivity contribution in [3.05, 3.63) is 66.2 Å². The van der Waals surface area contributed by atoms with Gasteiger partial charge >= 0.3 is 0 Å². The molecule has 0 radical (unpaired) electrons. The van der Waals surface area contributed by atoms with Crippen LogP contribution in [-0.4, -0.2) is 11.5 Å². The second-order valence-electron chi connectivity index (χ2n) is 5.17. The van der Waals surface area contributed by atoms with Crippen molar-refractivity contribution >= 4 is 10.9 Å². The van der Waals surface area contributed by atoms with Gasteiger partial charge in [0.15, 0.2) is 0 Å². The van der Waals surface area contributed by atoms with Gasteiger partial charge in [0.2, 0.25) is 0 Å². The summed E-state index contributed by atoms with van der Waals surface area (Å²) < 4.78 is 5.48. The highest BCUT2D eigenvalue weighted by molar-refractivity contribution is 5.81. The molecule has 108 valence electrons. The van der Waals surface area contributed by atoms with Gasteiger partial charge < -0.3 is 9.73 Å². The van der Waals surface area contributed by atoms with E-state index in [0.717, 1.165) is 30.7 Å². The number of nitrogens with one attached hydrogen (secondary N) is 1. The lowest BCUT2D eigenvalue weighted by Crippen LogP contribution is -2.23. The molecule has 0 aliphatic heterocycles. The van der Waals surface area contributed by atoms with Crippen molar-refractivity contribution in [2.45, 2.75) is 25.8 Å². The highest BCUT2D eigenvalue weighted by Crippen LogP contribution is 2.18. The lowest BCUT2D eigenvalue weighted by atomic mass is 10.1. The fraction of sp³-hybridized carbons (Fsp3) is 0.278. The topological polar surface area (TPSA) is 38.1 Å². The summed E-state index contributed by atoms with van der Waals surface area (Å²) in [5.74, 6) is 1.01. The molecule has 0 bridgehead atoms. The van der Waals surface area contributed by atoms with Crippen LogP contribution < -0.4 is 5.32 Å². The Balaban J connectivity index is 1.67. The molecule has 0 aliphatic carbocycles. The Labute approximate surface area is 125 Å². The Hall–Kier alpha value is -2.13. The summed E-state index contributed by atoms with van der Waals surface area (Å²) in [6, 6.07) is 14.7. The van der Waals surface area contributed by atoms with Crippen LogP contribution in [0.5, 0.6) is 0 Å². The molecule has 21 heavy (non-hydrogen) atoms. The number of hydrogen-bond donors (Lipinski definition) is 1. The molecule has 2 aromatic heterocycles. The molecular weight excluding hydrogens is 260 g/mol. The van der Waals surface area contributed by atoms with Gasteiger partial charge in [-0.1, -0.05) is 31.2 Å². The predicted molar refractivity (Wildman–Crippen MR) is 85.2 cm³/mol. The van der Waals surface area contributed by atoms with Crippen molar-refractivity contribution in [3.8, 4) is 0 Å². The molecule has 3 nitrogen and oxygen atoms in total. The quantitative estimate of drug-likeness (QED) is 0.738. The molecule has 1 unspecified atom stereocenters. The Morgan fingerprint density at radius 1 is 1.14 bits per heavy atom. The van der Waals surface area contributed by atoms with Gasteiger partial charge in [-0.15, -0.1) is 0 Å². The molecule has 1 N–H and O–H groups in total. The minimum atomic E-state index is 0.280. The smallest absolute Gasteiger partial charge is 0.120 e. The third-order valence-electron chi connectivity index (χ3n) is 3.80. The van der Waals surface area contributed by atoms with E-state index in [4.69, 9.17) is 4.42 Å². The highest BCUT2D eigenvalue weighted by atomic mass is 16.3. The summed E-state index contributed by atoms with van der Waals surface area (Å²) in [7, 11) is 0. The second-order valence-corrected chi connectivity index (χ2v) is 5.17. The van der Waals surface area contributed by atoms with Crippen LogP contribution >= 0.6 is 0 Å². The second kappa shape index (κ2) is 6.55. The van der Waals surface area contributed by atoms with Crippen molar-refractivity contribution < 1.29 is 4.42 Å². The van der Waals surface area contributed by atoms with E-state index in [1.165, 1.54) is 10.9 Å². The van der Waals surface area contributed by atoms with Gasteiger partial charge in [0.25, 0.3) is 0 Å². The number of pyridine rings is 1. The van der Waals surface area contributed by atoms with Crippen molar-refractivity contribution in [2.24, 2.45) is 0 Å². The average Bonchev–Trinajstić information content (AvgIpc) is 3.06. The van der Waals surface area contributed by atoms with Crippen LogP contribution in [-0.2, 0) is 6.42 Å². The minimum Gasteiger partial charge on any atom is -0.468 e. The summed E-state index contributed by atoms with van der Waals surface area (Å²) in [5.41, 5.74) is 2.39. The summed E-state index contributed by atoms with van der Waals surface area (Å²) in [4.78, 5) is 4.50. The zero-order valence-electron chi connectivity index (χ0n) is 12.3. The van der Waals surface area contributed by atoms with Gasteiger partial charge in [0.05, 0.1) is 17.8 Å². The Kier molecular flexibility index (Phi) is 4.31. The average molecular weight is 280 g/mol. The first kappa shape index (κ1) is 13.8. The zero-order chi connectivity index (χ0) is 14.5. The number of rotatable bonds is 6. The highest BCUT2D eigenvalue weighted by Gasteiger charge is 2.11. The molecule has 0 amide bonds. The van der Waals surface area contributed by atoms with Crippen LogP contribution in [0.3, 0.4) is 0 Å². The number of fused-ring (bicyclic) bond motifs is 1. The lowest BCUT2D eigenvalue weighted by Gasteiger charge is -2.14. The van der Waals surface area contributed by atoms with Crippen molar-refractivity contribution in [2.75, 3.05) is 6.54 Å². The first-order valence-electron chi connectivity index (χ1n) is 7.48. The van der Waals surface area contributed by atoms with Crippen LogP contribution in [0, 0.1) is 0 Å². The molecule has 3 aromatic rings. The molecule has 0 spiro atoms. The van der Waals surface area contributed by atoms with E-state index in [0.29, 0.717) is 0 Å². The SMILES string of the molecule is CCC(NCCc1cccc2cccnc12)c1ccco1. The number of furan rings is 1. The molecule has 1 aromatic carbocycles. The largest absolute Gasteiger partial charge is 0.468 e. The molecule has 0 aliphatic rings. The van der Waals surface area contributed by atoms with E-state index in [2.05, 4.69) is 41.5 Å². The molecular formula is C18H20N2O.